The third kappa shape index (κ3) is 4.19. The average molecular weight is 222 g/mol. The molecular weight excluding hydrogens is 200 g/mol. The van der Waals surface area contributed by atoms with E-state index in [9.17, 15) is 0 Å². The normalized spacial score (nSPS) is 12.5. The van der Waals surface area contributed by atoms with E-state index < -0.39 is 0 Å². The molecule has 1 N–H and O–H groups in total. The van der Waals surface area contributed by atoms with Crippen molar-refractivity contribution < 1.29 is 4.74 Å². The molecular formula is C13H22N2O. The molecule has 16 heavy (non-hydrogen) atoms. The van der Waals surface area contributed by atoms with Crippen LogP contribution in [-0.4, -0.2) is 18.1 Å². The second-order valence-corrected chi connectivity index (χ2v) is 4.21. The van der Waals surface area contributed by atoms with Crippen LogP contribution in [0.1, 0.15) is 38.1 Å². The Morgan fingerprint density at radius 3 is 2.81 bits per heavy atom. The summed E-state index contributed by atoms with van der Waals surface area (Å²) >= 11 is 0. The quantitative estimate of drug-likeness (QED) is 0.803. The van der Waals surface area contributed by atoms with Gasteiger partial charge in [0.15, 0.2) is 0 Å². The van der Waals surface area contributed by atoms with Crippen LogP contribution in [0.3, 0.4) is 0 Å². The van der Waals surface area contributed by atoms with Crippen LogP contribution in [0.2, 0.25) is 0 Å². The van der Waals surface area contributed by atoms with Gasteiger partial charge < -0.3 is 10.1 Å². The number of hydrogen-bond donors (Lipinski definition) is 1. The Morgan fingerprint density at radius 2 is 2.19 bits per heavy atom. The van der Waals surface area contributed by atoms with Gasteiger partial charge >= 0.3 is 0 Å². The molecule has 0 radical (unpaired) electrons. The second-order valence-electron chi connectivity index (χ2n) is 4.21. The molecule has 0 aromatic carbocycles. The molecule has 0 aliphatic carbocycles. The lowest BCUT2D eigenvalue weighted by molar-refractivity contribution is 0.412. The van der Waals surface area contributed by atoms with Gasteiger partial charge in [0.2, 0.25) is 0 Å². The van der Waals surface area contributed by atoms with Gasteiger partial charge in [-0.15, -0.1) is 0 Å². The number of hydrogen-bond acceptors (Lipinski definition) is 3. The van der Waals surface area contributed by atoms with Crippen molar-refractivity contribution in [3.05, 3.63) is 23.5 Å². The van der Waals surface area contributed by atoms with Gasteiger partial charge in [0.1, 0.15) is 5.75 Å². The molecule has 0 bridgehead atoms. The summed E-state index contributed by atoms with van der Waals surface area (Å²) in [5, 5.41) is 3.46. The van der Waals surface area contributed by atoms with E-state index in [1.807, 2.05) is 19.1 Å². The minimum atomic E-state index is 0.540. The number of ether oxygens (including phenoxy) is 1. The van der Waals surface area contributed by atoms with Gasteiger partial charge in [-0.2, -0.15) is 0 Å². The molecule has 0 amide bonds. The molecule has 3 heteroatoms. The largest absolute Gasteiger partial charge is 0.497 e. The van der Waals surface area contributed by atoms with Crippen molar-refractivity contribution in [2.24, 2.45) is 0 Å². The van der Waals surface area contributed by atoms with Gasteiger partial charge in [-0.05, 0) is 20.3 Å². The molecule has 0 aliphatic rings. The number of nitrogens with one attached hydrogen (secondary N) is 1. The monoisotopic (exact) mass is 222 g/mol. The van der Waals surface area contributed by atoms with E-state index in [4.69, 9.17) is 4.74 Å². The highest BCUT2D eigenvalue weighted by Gasteiger charge is 2.03. The molecule has 0 saturated heterocycles. The average Bonchev–Trinajstić information content (AvgIpc) is 2.26. The molecule has 0 spiro atoms. The first-order valence-electron chi connectivity index (χ1n) is 5.90. The number of methoxy groups -OCH3 is 1. The lowest BCUT2D eigenvalue weighted by atomic mass is 10.2. The lowest BCUT2D eigenvalue weighted by Gasteiger charge is -2.13. The van der Waals surface area contributed by atoms with Crippen LogP contribution < -0.4 is 10.1 Å². The Kier molecular flexibility index (Phi) is 5.26. The minimum absolute atomic E-state index is 0.540. The standard InChI is InChI=1S/C13H22N2O/c1-5-6-10(2)14-9-12-8-13(16-4)7-11(3)15-12/h7-8,10,14H,5-6,9H2,1-4H3. The van der Waals surface area contributed by atoms with Crippen LogP contribution >= 0.6 is 0 Å². The topological polar surface area (TPSA) is 34.1 Å². The zero-order valence-electron chi connectivity index (χ0n) is 10.7. The first-order valence-corrected chi connectivity index (χ1v) is 5.90. The van der Waals surface area contributed by atoms with Crippen molar-refractivity contribution in [2.45, 2.75) is 46.2 Å². The Morgan fingerprint density at radius 1 is 1.44 bits per heavy atom. The second kappa shape index (κ2) is 6.48. The fourth-order valence-corrected chi connectivity index (χ4v) is 1.73. The van der Waals surface area contributed by atoms with Gasteiger partial charge in [0, 0.05) is 30.4 Å². The Bertz CT molecular complexity index is 326. The van der Waals surface area contributed by atoms with Crippen LogP contribution in [0, 0.1) is 6.92 Å². The van der Waals surface area contributed by atoms with Crippen molar-refractivity contribution in [1.29, 1.82) is 0 Å². The number of pyridine rings is 1. The summed E-state index contributed by atoms with van der Waals surface area (Å²) in [4.78, 5) is 4.47. The molecule has 3 nitrogen and oxygen atoms in total. The highest BCUT2D eigenvalue weighted by atomic mass is 16.5. The summed E-state index contributed by atoms with van der Waals surface area (Å²) < 4.78 is 5.22. The number of aryl methyl sites for hydroxylation is 1. The van der Waals surface area contributed by atoms with Gasteiger partial charge in [-0.3, -0.25) is 4.98 Å². The SMILES string of the molecule is CCCC(C)NCc1cc(OC)cc(C)n1. The number of nitrogens with zero attached hydrogens (tertiary/aromatic N) is 1. The Balaban J connectivity index is 2.56. The van der Waals surface area contributed by atoms with E-state index in [1.165, 1.54) is 12.8 Å². The van der Waals surface area contributed by atoms with Crippen LogP contribution in [0.5, 0.6) is 5.75 Å². The third-order valence-electron chi connectivity index (χ3n) is 2.57. The summed E-state index contributed by atoms with van der Waals surface area (Å²) in [6, 6.07) is 4.47. The molecule has 1 aromatic heterocycles. The van der Waals surface area contributed by atoms with Crippen molar-refractivity contribution >= 4 is 0 Å². The maximum atomic E-state index is 5.22. The van der Waals surface area contributed by atoms with E-state index in [0.717, 1.165) is 23.7 Å². The summed E-state index contributed by atoms with van der Waals surface area (Å²) in [6.07, 6.45) is 2.40. The molecule has 1 unspecified atom stereocenters. The predicted molar refractivity (Wildman–Crippen MR) is 66.7 cm³/mol. The molecule has 0 aliphatic heterocycles. The molecule has 1 rings (SSSR count). The predicted octanol–water partition coefficient (Wildman–Crippen LogP) is 2.68. The lowest BCUT2D eigenvalue weighted by Crippen LogP contribution is -2.25. The minimum Gasteiger partial charge on any atom is -0.497 e. The summed E-state index contributed by atoms with van der Waals surface area (Å²) in [5.41, 5.74) is 2.04. The van der Waals surface area contributed by atoms with Crippen LogP contribution in [-0.2, 0) is 6.54 Å². The Hall–Kier alpha value is -1.09. The zero-order valence-corrected chi connectivity index (χ0v) is 10.7. The molecule has 1 heterocycles. The molecule has 0 saturated carbocycles. The van der Waals surface area contributed by atoms with E-state index in [2.05, 4.69) is 24.1 Å². The number of aromatic nitrogens is 1. The molecule has 0 fully saturated rings. The van der Waals surface area contributed by atoms with Gasteiger partial charge in [-0.25, -0.2) is 0 Å². The van der Waals surface area contributed by atoms with Crippen LogP contribution in [0.25, 0.3) is 0 Å². The van der Waals surface area contributed by atoms with E-state index in [-0.39, 0.29) is 0 Å². The van der Waals surface area contributed by atoms with Crippen LogP contribution in [0.4, 0.5) is 0 Å². The van der Waals surface area contributed by atoms with E-state index in [1.54, 1.807) is 7.11 Å². The first kappa shape index (κ1) is 13.0. The fraction of sp³-hybridized carbons (Fsp3) is 0.615. The van der Waals surface area contributed by atoms with Gasteiger partial charge in [0.25, 0.3) is 0 Å². The summed E-state index contributed by atoms with van der Waals surface area (Å²) in [7, 11) is 1.69. The number of rotatable bonds is 6. The maximum absolute atomic E-state index is 5.22. The van der Waals surface area contributed by atoms with Crippen molar-refractivity contribution in [3.8, 4) is 5.75 Å². The Labute approximate surface area is 98.2 Å². The summed E-state index contributed by atoms with van der Waals surface area (Å²) in [6.45, 7) is 7.20. The molecule has 90 valence electrons. The first-order chi connectivity index (χ1) is 7.65. The molecule has 1 aromatic rings. The van der Waals surface area contributed by atoms with Crippen molar-refractivity contribution in [1.82, 2.24) is 10.3 Å². The highest BCUT2D eigenvalue weighted by molar-refractivity contribution is 5.26. The third-order valence-corrected chi connectivity index (χ3v) is 2.57. The van der Waals surface area contributed by atoms with Gasteiger partial charge in [-0.1, -0.05) is 13.3 Å². The fourth-order valence-electron chi connectivity index (χ4n) is 1.73. The summed E-state index contributed by atoms with van der Waals surface area (Å²) in [5.74, 6) is 0.882. The smallest absolute Gasteiger partial charge is 0.122 e. The van der Waals surface area contributed by atoms with Gasteiger partial charge in [0.05, 0.1) is 12.8 Å². The van der Waals surface area contributed by atoms with E-state index >= 15 is 0 Å². The highest BCUT2D eigenvalue weighted by Crippen LogP contribution is 2.13. The van der Waals surface area contributed by atoms with E-state index in [0.29, 0.717) is 6.04 Å². The van der Waals surface area contributed by atoms with Crippen LogP contribution in [0.15, 0.2) is 12.1 Å². The zero-order chi connectivity index (χ0) is 12.0. The maximum Gasteiger partial charge on any atom is 0.122 e. The van der Waals surface area contributed by atoms with Crippen molar-refractivity contribution in [2.75, 3.05) is 7.11 Å². The molecule has 1 atom stereocenters. The van der Waals surface area contributed by atoms with Crippen molar-refractivity contribution in [3.63, 3.8) is 0 Å².